The van der Waals surface area contributed by atoms with Gasteiger partial charge in [-0.15, -0.1) is 11.3 Å². The first kappa shape index (κ1) is 8.87. The number of nitrogens with two attached hydrogens (primary N) is 1. The number of hydrogen-bond donors (Lipinski definition) is 1. The molecule has 0 radical (unpaired) electrons. The van der Waals surface area contributed by atoms with Crippen LogP contribution in [0, 0.1) is 6.92 Å². The second-order valence-corrected chi connectivity index (χ2v) is 4.51. The van der Waals surface area contributed by atoms with Crippen molar-refractivity contribution in [3.8, 4) is 0 Å². The lowest BCUT2D eigenvalue weighted by Gasteiger charge is -1.93. The third-order valence-electron chi connectivity index (χ3n) is 1.38. The fourth-order valence-electron chi connectivity index (χ4n) is 0.864. The Labute approximate surface area is 75.2 Å². The van der Waals surface area contributed by atoms with Gasteiger partial charge in [0.05, 0.1) is 10.7 Å². The first-order valence-corrected chi connectivity index (χ1v) is 5.65. The summed E-state index contributed by atoms with van der Waals surface area (Å²) in [5.74, 6) is 1.10. The highest BCUT2D eigenvalue weighted by Gasteiger charge is 2.03. The van der Waals surface area contributed by atoms with E-state index in [2.05, 4.69) is 11.2 Å². The van der Waals surface area contributed by atoms with E-state index >= 15 is 0 Å². The molecule has 0 saturated heterocycles. The summed E-state index contributed by atoms with van der Waals surface area (Å²) >= 11 is 3.40. The molecule has 0 atom stereocenters. The Kier molecular flexibility index (Phi) is 3.20. The van der Waals surface area contributed by atoms with Crippen LogP contribution >= 0.6 is 23.1 Å². The number of hydrogen-bond acceptors (Lipinski definition) is 4. The van der Waals surface area contributed by atoms with Crippen molar-refractivity contribution in [2.24, 2.45) is 0 Å². The van der Waals surface area contributed by atoms with Gasteiger partial charge in [-0.3, -0.25) is 0 Å². The molecule has 0 aromatic carbocycles. The van der Waals surface area contributed by atoms with Crippen LogP contribution in [0.3, 0.4) is 0 Å². The average Bonchev–Trinajstić information content (AvgIpc) is 2.26. The molecule has 0 aliphatic heterocycles. The van der Waals surface area contributed by atoms with Gasteiger partial charge in [-0.05, 0) is 18.9 Å². The zero-order valence-electron chi connectivity index (χ0n) is 6.76. The Bertz CT molecular complexity index is 232. The van der Waals surface area contributed by atoms with E-state index in [1.807, 2.05) is 18.7 Å². The molecule has 0 spiro atoms. The molecule has 62 valence electrons. The van der Waals surface area contributed by atoms with Crippen LogP contribution < -0.4 is 5.73 Å². The van der Waals surface area contributed by atoms with Crippen LogP contribution in [0.25, 0.3) is 0 Å². The Hall–Kier alpha value is -0.220. The lowest BCUT2D eigenvalue weighted by Crippen LogP contribution is -1.93. The van der Waals surface area contributed by atoms with E-state index in [0.29, 0.717) is 0 Å². The van der Waals surface area contributed by atoms with Gasteiger partial charge in [0.15, 0.2) is 0 Å². The number of rotatable bonds is 3. The molecule has 0 aliphatic rings. The van der Waals surface area contributed by atoms with Crippen LogP contribution in [0.1, 0.15) is 10.7 Å². The van der Waals surface area contributed by atoms with E-state index in [-0.39, 0.29) is 0 Å². The summed E-state index contributed by atoms with van der Waals surface area (Å²) in [6.45, 7) is 1.99. The van der Waals surface area contributed by atoms with Crippen LogP contribution in [0.5, 0.6) is 0 Å². The monoisotopic (exact) mass is 188 g/mol. The number of nitrogen functional groups attached to an aromatic ring is 1. The van der Waals surface area contributed by atoms with Crippen molar-refractivity contribution in [3.63, 3.8) is 0 Å². The number of thioether (sulfide) groups is 1. The first-order valence-electron chi connectivity index (χ1n) is 3.44. The molecule has 1 aromatic rings. The molecule has 2 nitrogen and oxygen atoms in total. The quantitative estimate of drug-likeness (QED) is 0.788. The summed E-state index contributed by atoms with van der Waals surface area (Å²) in [5, 5.41) is 1.95. The van der Waals surface area contributed by atoms with E-state index in [0.717, 1.165) is 27.9 Å². The molecule has 1 aromatic heterocycles. The van der Waals surface area contributed by atoms with Crippen LogP contribution in [0.2, 0.25) is 0 Å². The minimum atomic E-state index is 0.886. The van der Waals surface area contributed by atoms with Crippen molar-refractivity contribution in [1.29, 1.82) is 0 Å². The summed E-state index contributed by atoms with van der Waals surface area (Å²) in [6, 6.07) is 0. The standard InChI is InChI=1S/C7H12N2S2/c1-5-9-6(3-4-10-2)7(8)11-5/h3-4,8H2,1-2H3. The number of thiazole rings is 1. The van der Waals surface area contributed by atoms with Gasteiger partial charge < -0.3 is 5.73 Å². The summed E-state index contributed by atoms with van der Waals surface area (Å²) in [4.78, 5) is 4.33. The van der Waals surface area contributed by atoms with Gasteiger partial charge in [-0.25, -0.2) is 4.98 Å². The smallest absolute Gasteiger partial charge is 0.109 e. The summed E-state index contributed by atoms with van der Waals surface area (Å²) in [7, 11) is 0. The molecule has 0 aliphatic carbocycles. The van der Waals surface area contributed by atoms with Gasteiger partial charge in [0, 0.05) is 6.42 Å². The summed E-state index contributed by atoms with van der Waals surface area (Å²) < 4.78 is 0. The molecule has 2 N–H and O–H groups in total. The Morgan fingerprint density at radius 2 is 2.36 bits per heavy atom. The largest absolute Gasteiger partial charge is 0.389 e. The van der Waals surface area contributed by atoms with Gasteiger partial charge in [0.25, 0.3) is 0 Å². The van der Waals surface area contributed by atoms with Crippen LogP contribution in [-0.2, 0) is 6.42 Å². The first-order chi connectivity index (χ1) is 5.24. The van der Waals surface area contributed by atoms with E-state index < -0.39 is 0 Å². The van der Waals surface area contributed by atoms with Gasteiger partial charge in [0.2, 0.25) is 0 Å². The highest BCUT2D eigenvalue weighted by Crippen LogP contribution is 2.21. The molecule has 0 bridgehead atoms. The van der Waals surface area contributed by atoms with Crippen LogP contribution in [0.15, 0.2) is 0 Å². The van der Waals surface area contributed by atoms with E-state index in [1.54, 1.807) is 11.3 Å². The summed E-state index contributed by atoms with van der Waals surface area (Å²) in [6.07, 6.45) is 3.09. The van der Waals surface area contributed by atoms with Crippen molar-refractivity contribution in [2.45, 2.75) is 13.3 Å². The Morgan fingerprint density at radius 1 is 1.64 bits per heavy atom. The molecule has 1 rings (SSSR count). The molecule has 1 heterocycles. The summed E-state index contributed by atoms with van der Waals surface area (Å²) in [5.41, 5.74) is 6.80. The minimum absolute atomic E-state index is 0.886. The second-order valence-electron chi connectivity index (χ2n) is 2.29. The van der Waals surface area contributed by atoms with Crippen LogP contribution in [-0.4, -0.2) is 17.0 Å². The zero-order valence-corrected chi connectivity index (χ0v) is 8.39. The van der Waals surface area contributed by atoms with Crippen LogP contribution in [0.4, 0.5) is 5.00 Å². The normalized spacial score (nSPS) is 10.4. The van der Waals surface area contributed by atoms with Gasteiger partial charge >= 0.3 is 0 Å². The number of aryl methyl sites for hydroxylation is 2. The van der Waals surface area contributed by atoms with Crippen molar-refractivity contribution >= 4 is 28.1 Å². The van der Waals surface area contributed by atoms with Gasteiger partial charge in [-0.1, -0.05) is 0 Å². The number of nitrogens with zero attached hydrogens (tertiary/aromatic N) is 1. The van der Waals surface area contributed by atoms with E-state index in [1.165, 1.54) is 0 Å². The molecule has 0 unspecified atom stereocenters. The topological polar surface area (TPSA) is 38.9 Å². The second kappa shape index (κ2) is 3.97. The third-order valence-corrected chi connectivity index (χ3v) is 2.83. The molecular weight excluding hydrogens is 176 g/mol. The van der Waals surface area contributed by atoms with Gasteiger partial charge in [0.1, 0.15) is 5.00 Å². The minimum Gasteiger partial charge on any atom is -0.389 e. The molecule has 0 saturated carbocycles. The maximum atomic E-state index is 5.73. The van der Waals surface area contributed by atoms with Crippen molar-refractivity contribution in [2.75, 3.05) is 17.7 Å². The van der Waals surface area contributed by atoms with E-state index in [9.17, 15) is 0 Å². The van der Waals surface area contributed by atoms with E-state index in [4.69, 9.17) is 5.73 Å². The van der Waals surface area contributed by atoms with Gasteiger partial charge in [-0.2, -0.15) is 11.8 Å². The van der Waals surface area contributed by atoms with Crippen molar-refractivity contribution < 1.29 is 0 Å². The molecular formula is C7H12N2S2. The molecule has 11 heavy (non-hydrogen) atoms. The lowest BCUT2D eigenvalue weighted by molar-refractivity contribution is 1.06. The molecule has 4 heteroatoms. The Balaban J connectivity index is 2.62. The van der Waals surface area contributed by atoms with Crippen molar-refractivity contribution in [1.82, 2.24) is 4.98 Å². The fourth-order valence-corrected chi connectivity index (χ4v) is 2.00. The molecule has 0 amide bonds. The highest BCUT2D eigenvalue weighted by molar-refractivity contribution is 7.98. The Morgan fingerprint density at radius 3 is 2.82 bits per heavy atom. The highest BCUT2D eigenvalue weighted by atomic mass is 32.2. The predicted molar refractivity (Wildman–Crippen MR) is 53.3 cm³/mol. The number of aromatic nitrogens is 1. The zero-order chi connectivity index (χ0) is 8.27. The average molecular weight is 188 g/mol. The predicted octanol–water partition coefficient (Wildman–Crippen LogP) is 1.94. The molecule has 0 fully saturated rings. The number of anilines is 1. The van der Waals surface area contributed by atoms with Crippen molar-refractivity contribution in [3.05, 3.63) is 10.7 Å². The SMILES string of the molecule is CSCCc1nc(C)sc1N. The fraction of sp³-hybridized carbons (Fsp3) is 0.571. The maximum absolute atomic E-state index is 5.73. The maximum Gasteiger partial charge on any atom is 0.109 e. The lowest BCUT2D eigenvalue weighted by atomic mass is 10.3. The third kappa shape index (κ3) is 2.38.